The van der Waals surface area contributed by atoms with Gasteiger partial charge in [-0.15, -0.1) is 0 Å². The molecule has 3 aromatic rings. The SMILES string of the molecule is CC(C)OC(=O)Nc1ccc(-c2c(N)c3ccc(OCC(F)F)cc3n2C2CCC2)cc1. The van der Waals surface area contributed by atoms with Crippen LogP contribution in [-0.4, -0.2) is 29.8 Å². The van der Waals surface area contributed by atoms with Crippen molar-refractivity contribution in [3.05, 3.63) is 42.5 Å². The summed E-state index contributed by atoms with van der Waals surface area (Å²) < 4.78 is 37.7. The van der Waals surface area contributed by atoms with Crippen molar-refractivity contribution in [2.45, 2.75) is 51.7 Å². The highest BCUT2D eigenvalue weighted by molar-refractivity contribution is 6.01. The smallest absolute Gasteiger partial charge is 0.411 e. The Labute approximate surface area is 185 Å². The maximum Gasteiger partial charge on any atom is 0.411 e. The first kappa shape index (κ1) is 21.9. The minimum Gasteiger partial charge on any atom is -0.488 e. The molecule has 1 amide bonds. The molecule has 0 bridgehead atoms. The summed E-state index contributed by atoms with van der Waals surface area (Å²) in [6, 6.07) is 13.0. The van der Waals surface area contributed by atoms with E-state index < -0.39 is 19.1 Å². The third-order valence-corrected chi connectivity index (χ3v) is 5.58. The van der Waals surface area contributed by atoms with Gasteiger partial charge in [-0.25, -0.2) is 13.6 Å². The molecule has 1 aliphatic rings. The van der Waals surface area contributed by atoms with Crippen LogP contribution in [0.5, 0.6) is 5.75 Å². The van der Waals surface area contributed by atoms with Crippen molar-refractivity contribution in [2.75, 3.05) is 17.7 Å². The molecule has 0 spiro atoms. The fourth-order valence-electron chi connectivity index (χ4n) is 3.96. The number of ether oxygens (including phenoxy) is 2. The molecule has 0 saturated heterocycles. The summed E-state index contributed by atoms with van der Waals surface area (Å²) in [4.78, 5) is 11.9. The highest BCUT2D eigenvalue weighted by Crippen LogP contribution is 2.44. The average molecular weight is 443 g/mol. The van der Waals surface area contributed by atoms with Gasteiger partial charge in [-0.2, -0.15) is 0 Å². The molecule has 0 atom stereocenters. The van der Waals surface area contributed by atoms with Gasteiger partial charge in [0.25, 0.3) is 6.43 Å². The number of aromatic nitrogens is 1. The van der Waals surface area contributed by atoms with Gasteiger partial charge in [0, 0.05) is 28.7 Å². The van der Waals surface area contributed by atoms with Gasteiger partial charge in [0.05, 0.1) is 23.0 Å². The van der Waals surface area contributed by atoms with Crippen LogP contribution < -0.4 is 15.8 Å². The van der Waals surface area contributed by atoms with Crippen LogP contribution in [0.3, 0.4) is 0 Å². The van der Waals surface area contributed by atoms with Gasteiger partial charge in [0.1, 0.15) is 12.4 Å². The van der Waals surface area contributed by atoms with Gasteiger partial charge in [0.2, 0.25) is 0 Å². The molecule has 1 aromatic heterocycles. The first-order chi connectivity index (χ1) is 15.3. The molecule has 170 valence electrons. The summed E-state index contributed by atoms with van der Waals surface area (Å²) in [6.07, 6.45) is -0.0619. The van der Waals surface area contributed by atoms with Crippen molar-refractivity contribution in [3.8, 4) is 17.0 Å². The van der Waals surface area contributed by atoms with E-state index in [1.165, 1.54) is 0 Å². The number of hydrogen-bond acceptors (Lipinski definition) is 4. The van der Waals surface area contributed by atoms with E-state index in [0.717, 1.165) is 41.4 Å². The Kier molecular flexibility index (Phi) is 6.21. The highest BCUT2D eigenvalue weighted by atomic mass is 19.3. The summed E-state index contributed by atoms with van der Waals surface area (Å²) in [6.45, 7) is 2.93. The van der Waals surface area contributed by atoms with Crippen LogP contribution in [0.15, 0.2) is 42.5 Å². The molecule has 4 rings (SSSR count). The third-order valence-electron chi connectivity index (χ3n) is 5.58. The van der Waals surface area contributed by atoms with E-state index >= 15 is 0 Å². The number of nitrogens with zero attached hydrogens (tertiary/aromatic N) is 1. The summed E-state index contributed by atoms with van der Waals surface area (Å²) in [5, 5.41) is 3.57. The first-order valence-electron chi connectivity index (χ1n) is 10.8. The van der Waals surface area contributed by atoms with Crippen molar-refractivity contribution in [3.63, 3.8) is 0 Å². The molecule has 3 N–H and O–H groups in total. The minimum atomic E-state index is -2.53. The van der Waals surface area contributed by atoms with Crippen molar-refractivity contribution >= 4 is 28.4 Å². The van der Waals surface area contributed by atoms with Crippen LogP contribution in [0, 0.1) is 0 Å². The number of hydrogen-bond donors (Lipinski definition) is 2. The number of halogens is 2. The fourth-order valence-corrected chi connectivity index (χ4v) is 3.96. The van der Waals surface area contributed by atoms with Gasteiger partial charge in [-0.1, -0.05) is 12.1 Å². The number of benzene rings is 2. The van der Waals surface area contributed by atoms with E-state index in [2.05, 4.69) is 9.88 Å². The number of carbonyl (C=O) groups excluding carboxylic acids is 1. The molecule has 1 saturated carbocycles. The van der Waals surface area contributed by atoms with Crippen molar-refractivity contribution in [2.24, 2.45) is 0 Å². The van der Waals surface area contributed by atoms with Gasteiger partial charge >= 0.3 is 6.09 Å². The third kappa shape index (κ3) is 4.49. The molecule has 0 radical (unpaired) electrons. The summed E-state index contributed by atoms with van der Waals surface area (Å²) in [7, 11) is 0. The molecule has 0 unspecified atom stereocenters. The summed E-state index contributed by atoms with van der Waals surface area (Å²) in [5.41, 5.74) is 10.5. The molecule has 1 aliphatic carbocycles. The van der Waals surface area contributed by atoms with Crippen LogP contribution in [0.4, 0.5) is 25.0 Å². The topological polar surface area (TPSA) is 78.5 Å². The summed E-state index contributed by atoms with van der Waals surface area (Å²) >= 11 is 0. The lowest BCUT2D eigenvalue weighted by Gasteiger charge is -2.30. The highest BCUT2D eigenvalue weighted by Gasteiger charge is 2.27. The van der Waals surface area contributed by atoms with Crippen LogP contribution in [-0.2, 0) is 4.74 Å². The Hall–Kier alpha value is -3.29. The maximum atomic E-state index is 12.6. The normalized spacial score (nSPS) is 14.1. The largest absolute Gasteiger partial charge is 0.488 e. The number of fused-ring (bicyclic) bond motifs is 1. The van der Waals surface area contributed by atoms with Gasteiger partial charge < -0.3 is 19.8 Å². The second kappa shape index (κ2) is 9.06. The maximum absolute atomic E-state index is 12.6. The lowest BCUT2D eigenvalue weighted by Crippen LogP contribution is -2.18. The van der Waals surface area contributed by atoms with Crippen LogP contribution in [0.2, 0.25) is 0 Å². The molecule has 6 nitrogen and oxygen atoms in total. The van der Waals surface area contributed by atoms with E-state index in [0.29, 0.717) is 17.1 Å². The second-order valence-electron chi connectivity index (χ2n) is 8.25. The molecule has 32 heavy (non-hydrogen) atoms. The number of nitrogens with one attached hydrogen (secondary N) is 1. The van der Waals surface area contributed by atoms with Crippen LogP contribution >= 0.6 is 0 Å². The monoisotopic (exact) mass is 443 g/mol. The number of alkyl halides is 2. The van der Waals surface area contributed by atoms with Crippen LogP contribution in [0.1, 0.15) is 39.2 Å². The van der Waals surface area contributed by atoms with E-state index in [-0.39, 0.29) is 12.1 Å². The van der Waals surface area contributed by atoms with Crippen molar-refractivity contribution in [1.82, 2.24) is 4.57 Å². The zero-order chi connectivity index (χ0) is 22.8. The molecule has 2 aromatic carbocycles. The Morgan fingerprint density at radius 2 is 1.91 bits per heavy atom. The Morgan fingerprint density at radius 3 is 2.50 bits per heavy atom. The molecule has 1 heterocycles. The standard InChI is InChI=1S/C24H27F2N3O3/c1-14(2)32-24(30)28-16-8-6-15(7-9-16)23-22(27)19-11-10-18(31-13-21(25)26)12-20(19)29(23)17-4-3-5-17/h6-12,14,17,21H,3-5,13,27H2,1-2H3,(H,28,30). The Bertz CT molecular complexity index is 1110. The van der Waals surface area contributed by atoms with E-state index in [4.69, 9.17) is 15.2 Å². The Morgan fingerprint density at radius 1 is 1.19 bits per heavy atom. The zero-order valence-electron chi connectivity index (χ0n) is 18.1. The van der Waals surface area contributed by atoms with E-state index in [1.54, 1.807) is 38.1 Å². The van der Waals surface area contributed by atoms with Gasteiger partial charge in [-0.05, 0) is 57.4 Å². The second-order valence-corrected chi connectivity index (χ2v) is 8.25. The predicted octanol–water partition coefficient (Wildman–Crippen LogP) is 6.22. The number of amides is 1. The molecule has 1 fully saturated rings. The lowest BCUT2D eigenvalue weighted by atomic mass is 9.92. The number of nitrogens with two attached hydrogens (primary N) is 1. The summed E-state index contributed by atoms with van der Waals surface area (Å²) in [5.74, 6) is 0.394. The predicted molar refractivity (Wildman–Crippen MR) is 121 cm³/mol. The van der Waals surface area contributed by atoms with E-state index in [9.17, 15) is 13.6 Å². The zero-order valence-corrected chi connectivity index (χ0v) is 18.1. The minimum absolute atomic E-state index is 0.207. The molecule has 8 heteroatoms. The van der Waals surface area contributed by atoms with Gasteiger partial charge in [-0.3, -0.25) is 5.32 Å². The first-order valence-corrected chi connectivity index (χ1v) is 10.8. The number of rotatable bonds is 7. The van der Waals surface area contributed by atoms with Crippen molar-refractivity contribution < 1.29 is 23.0 Å². The molecular formula is C24H27F2N3O3. The number of nitrogen functional groups attached to an aromatic ring is 1. The van der Waals surface area contributed by atoms with Gasteiger partial charge in [0.15, 0.2) is 0 Å². The lowest BCUT2D eigenvalue weighted by molar-refractivity contribution is 0.0819. The van der Waals surface area contributed by atoms with Crippen LogP contribution in [0.25, 0.3) is 22.2 Å². The molecular weight excluding hydrogens is 416 g/mol. The quantitative estimate of drug-likeness (QED) is 0.455. The Balaban J connectivity index is 1.70. The number of carbonyl (C=O) groups is 1. The molecule has 0 aliphatic heterocycles. The van der Waals surface area contributed by atoms with E-state index in [1.807, 2.05) is 18.2 Å². The average Bonchev–Trinajstić information content (AvgIpc) is 2.97. The number of anilines is 2. The fraction of sp³-hybridized carbons (Fsp3) is 0.375. The van der Waals surface area contributed by atoms with Crippen molar-refractivity contribution in [1.29, 1.82) is 0 Å².